The minimum atomic E-state index is -0.622. The van der Waals surface area contributed by atoms with E-state index in [0.717, 1.165) is 10.0 Å². The van der Waals surface area contributed by atoms with Gasteiger partial charge in [0.1, 0.15) is 5.75 Å². The van der Waals surface area contributed by atoms with Gasteiger partial charge in [-0.25, -0.2) is 4.79 Å². The molecule has 0 radical (unpaired) electrons. The number of amides is 1. The van der Waals surface area contributed by atoms with Crippen LogP contribution in [-0.4, -0.2) is 31.9 Å². The highest BCUT2D eigenvalue weighted by Crippen LogP contribution is 2.32. The summed E-state index contributed by atoms with van der Waals surface area (Å²) in [5, 5.41) is 2.67. The molecule has 7 nitrogen and oxygen atoms in total. The molecule has 0 aromatic heterocycles. The first-order valence-corrected chi connectivity index (χ1v) is 8.59. The highest BCUT2D eigenvalue weighted by atomic mass is 79.9. The molecule has 1 aliphatic heterocycles. The van der Waals surface area contributed by atoms with Gasteiger partial charge < -0.3 is 24.3 Å². The number of benzene rings is 2. The van der Waals surface area contributed by atoms with Crippen molar-refractivity contribution in [2.45, 2.75) is 6.54 Å². The van der Waals surface area contributed by atoms with Crippen LogP contribution in [0.15, 0.2) is 46.9 Å². The molecule has 1 aliphatic rings. The molecule has 2 aromatic rings. The fourth-order valence-corrected chi connectivity index (χ4v) is 2.57. The predicted octanol–water partition coefficient (Wildman–Crippen LogP) is 2.42. The third-order valence-corrected chi connectivity index (χ3v) is 3.94. The molecule has 0 fully saturated rings. The van der Waals surface area contributed by atoms with Crippen molar-refractivity contribution in [3.05, 3.63) is 52.5 Å². The van der Waals surface area contributed by atoms with Crippen LogP contribution in [0.1, 0.15) is 5.56 Å². The van der Waals surface area contributed by atoms with Gasteiger partial charge in [0.05, 0.1) is 0 Å². The number of fused-ring (bicyclic) bond motifs is 1. The number of carbonyl (C=O) groups is 2. The summed E-state index contributed by atoms with van der Waals surface area (Å²) in [5.74, 6) is 0.831. The minimum absolute atomic E-state index is 0.198. The van der Waals surface area contributed by atoms with Crippen molar-refractivity contribution in [3.8, 4) is 17.2 Å². The smallest absolute Gasteiger partial charge is 0.344 e. The lowest BCUT2D eigenvalue weighted by molar-refractivity contribution is -0.150. The number of rotatable bonds is 7. The Balaban J connectivity index is 1.36. The van der Waals surface area contributed by atoms with E-state index in [4.69, 9.17) is 18.9 Å². The van der Waals surface area contributed by atoms with E-state index >= 15 is 0 Å². The van der Waals surface area contributed by atoms with E-state index in [-0.39, 0.29) is 20.0 Å². The third-order valence-electron chi connectivity index (χ3n) is 3.44. The Hall–Kier alpha value is -2.74. The first kappa shape index (κ1) is 18.1. The molecule has 1 heterocycles. The minimum Gasteiger partial charge on any atom is -0.482 e. The van der Waals surface area contributed by atoms with Crippen LogP contribution in [-0.2, 0) is 20.9 Å². The molecule has 26 heavy (non-hydrogen) atoms. The number of ether oxygens (including phenoxy) is 4. The summed E-state index contributed by atoms with van der Waals surface area (Å²) in [6.45, 7) is -0.151. The maximum atomic E-state index is 11.8. The molecule has 0 saturated carbocycles. The molecular weight excluding hydrogens is 406 g/mol. The number of halogens is 1. The zero-order chi connectivity index (χ0) is 18.4. The monoisotopic (exact) mass is 421 g/mol. The predicted molar refractivity (Wildman–Crippen MR) is 95.0 cm³/mol. The quantitative estimate of drug-likeness (QED) is 0.691. The fraction of sp³-hybridized carbons (Fsp3) is 0.222. The first-order chi connectivity index (χ1) is 12.6. The fourth-order valence-electron chi connectivity index (χ4n) is 2.19. The highest BCUT2D eigenvalue weighted by molar-refractivity contribution is 9.10. The molecule has 8 heteroatoms. The zero-order valence-corrected chi connectivity index (χ0v) is 15.3. The molecule has 3 rings (SSSR count). The number of nitrogens with one attached hydrogen (secondary N) is 1. The number of hydrogen-bond acceptors (Lipinski definition) is 6. The van der Waals surface area contributed by atoms with Gasteiger partial charge in [0.25, 0.3) is 5.91 Å². The Bertz CT molecular complexity index is 810. The Morgan fingerprint density at radius 3 is 2.77 bits per heavy atom. The highest BCUT2D eigenvalue weighted by Gasteiger charge is 2.14. The van der Waals surface area contributed by atoms with Crippen LogP contribution in [0.4, 0.5) is 0 Å². The topological polar surface area (TPSA) is 83.1 Å². The van der Waals surface area contributed by atoms with E-state index < -0.39 is 11.9 Å². The van der Waals surface area contributed by atoms with Crippen molar-refractivity contribution in [1.82, 2.24) is 5.32 Å². The summed E-state index contributed by atoms with van der Waals surface area (Å²) in [6, 6.07) is 12.5. The molecule has 1 N–H and O–H groups in total. The van der Waals surface area contributed by atoms with Crippen LogP contribution in [0, 0.1) is 0 Å². The first-order valence-electron chi connectivity index (χ1n) is 7.79. The second kappa shape index (κ2) is 8.57. The third kappa shape index (κ3) is 5.13. The summed E-state index contributed by atoms with van der Waals surface area (Å²) < 4.78 is 21.5. The lowest BCUT2D eigenvalue weighted by Crippen LogP contribution is -2.29. The lowest BCUT2D eigenvalue weighted by atomic mass is 10.2. The summed E-state index contributed by atoms with van der Waals surface area (Å²) in [5.41, 5.74) is 0.854. The van der Waals surface area contributed by atoms with Gasteiger partial charge in [-0.15, -0.1) is 0 Å². The van der Waals surface area contributed by atoms with Crippen molar-refractivity contribution in [3.63, 3.8) is 0 Å². The maximum absolute atomic E-state index is 11.8. The Morgan fingerprint density at radius 1 is 1.08 bits per heavy atom. The molecule has 0 aliphatic carbocycles. The van der Waals surface area contributed by atoms with E-state index in [1.807, 2.05) is 12.1 Å². The van der Waals surface area contributed by atoms with Gasteiger partial charge in [0.2, 0.25) is 6.79 Å². The molecule has 0 unspecified atom stereocenters. The molecule has 0 bridgehead atoms. The van der Waals surface area contributed by atoms with Crippen molar-refractivity contribution in [1.29, 1.82) is 0 Å². The van der Waals surface area contributed by atoms with Crippen LogP contribution >= 0.6 is 15.9 Å². The average molecular weight is 422 g/mol. The van der Waals surface area contributed by atoms with Gasteiger partial charge in [-0.3, -0.25) is 4.79 Å². The van der Waals surface area contributed by atoms with E-state index in [0.29, 0.717) is 23.8 Å². The van der Waals surface area contributed by atoms with Gasteiger partial charge in [-0.2, -0.15) is 0 Å². The normalized spacial score (nSPS) is 11.7. The summed E-state index contributed by atoms with van der Waals surface area (Å²) >= 11 is 3.31. The standard InChI is InChI=1S/C18H16BrNO6/c19-13-2-1-3-14(7-13)23-10-18(22)24-9-17(21)20-8-12-4-5-15-16(6-12)26-11-25-15/h1-7H,8-11H2,(H,20,21). The number of carbonyl (C=O) groups excluding carboxylic acids is 2. The Kier molecular flexibility index (Phi) is 5.96. The van der Waals surface area contributed by atoms with Crippen molar-refractivity contribution in [2.24, 2.45) is 0 Å². The summed E-state index contributed by atoms with van der Waals surface area (Å²) in [4.78, 5) is 23.4. The molecule has 1 amide bonds. The van der Waals surface area contributed by atoms with Crippen LogP contribution in [0.2, 0.25) is 0 Å². The molecule has 0 saturated heterocycles. The van der Waals surface area contributed by atoms with Crippen molar-refractivity contribution in [2.75, 3.05) is 20.0 Å². The summed E-state index contributed by atoms with van der Waals surface area (Å²) in [6.07, 6.45) is 0. The van der Waals surface area contributed by atoms with Gasteiger partial charge in [-0.05, 0) is 35.9 Å². The molecule has 2 aromatic carbocycles. The Morgan fingerprint density at radius 2 is 1.92 bits per heavy atom. The second-order valence-corrected chi connectivity index (χ2v) is 6.29. The number of esters is 1. The average Bonchev–Trinajstić information content (AvgIpc) is 3.11. The van der Waals surface area contributed by atoms with Gasteiger partial charge in [0.15, 0.2) is 24.7 Å². The zero-order valence-electron chi connectivity index (χ0n) is 13.7. The van der Waals surface area contributed by atoms with Crippen LogP contribution in [0.3, 0.4) is 0 Å². The SMILES string of the molecule is O=C(COC(=O)COc1cccc(Br)c1)NCc1ccc2c(c1)OCO2. The van der Waals surface area contributed by atoms with E-state index in [2.05, 4.69) is 21.2 Å². The van der Waals surface area contributed by atoms with Crippen molar-refractivity contribution >= 4 is 27.8 Å². The van der Waals surface area contributed by atoms with Crippen LogP contribution in [0.25, 0.3) is 0 Å². The van der Waals surface area contributed by atoms with Gasteiger partial charge in [-0.1, -0.05) is 28.1 Å². The second-order valence-electron chi connectivity index (χ2n) is 5.37. The van der Waals surface area contributed by atoms with Crippen molar-refractivity contribution < 1.29 is 28.5 Å². The van der Waals surface area contributed by atoms with E-state index in [1.54, 1.807) is 30.3 Å². The van der Waals surface area contributed by atoms with E-state index in [9.17, 15) is 9.59 Å². The molecule has 136 valence electrons. The molecular formula is C18H16BrNO6. The summed E-state index contributed by atoms with van der Waals surface area (Å²) in [7, 11) is 0. The van der Waals surface area contributed by atoms with Crippen LogP contribution in [0.5, 0.6) is 17.2 Å². The van der Waals surface area contributed by atoms with Gasteiger partial charge >= 0.3 is 5.97 Å². The number of hydrogen-bond donors (Lipinski definition) is 1. The molecule has 0 atom stereocenters. The molecule has 0 spiro atoms. The Labute approximate surface area is 158 Å². The van der Waals surface area contributed by atoms with E-state index in [1.165, 1.54) is 0 Å². The largest absolute Gasteiger partial charge is 0.482 e. The lowest BCUT2D eigenvalue weighted by Gasteiger charge is -2.08. The van der Waals surface area contributed by atoms with Gasteiger partial charge in [0, 0.05) is 11.0 Å². The maximum Gasteiger partial charge on any atom is 0.344 e. The van der Waals surface area contributed by atoms with Crippen LogP contribution < -0.4 is 19.5 Å².